The molecule has 2 aromatic carbocycles. The number of rotatable bonds is 4. The highest BCUT2D eigenvalue weighted by Crippen LogP contribution is 2.45. The molecule has 3 aromatic rings. The van der Waals surface area contributed by atoms with Gasteiger partial charge in [-0.25, -0.2) is 14.4 Å². The van der Waals surface area contributed by atoms with Gasteiger partial charge in [0, 0.05) is 12.1 Å². The molecule has 2 aliphatic rings. The van der Waals surface area contributed by atoms with Crippen molar-refractivity contribution in [2.75, 3.05) is 25.2 Å². The van der Waals surface area contributed by atoms with Crippen LogP contribution in [0.3, 0.4) is 0 Å². The molecule has 5 rings (SSSR count). The van der Waals surface area contributed by atoms with Crippen molar-refractivity contribution in [3.8, 4) is 17.2 Å². The molecule has 2 aliphatic heterocycles. The molecular weight excluding hydrogens is 470 g/mol. The van der Waals surface area contributed by atoms with Gasteiger partial charge in [0.25, 0.3) is 0 Å². The van der Waals surface area contributed by atoms with E-state index in [1.54, 1.807) is 12.1 Å². The fraction of sp³-hybridized carbons (Fsp3) is 0.300. The number of ether oxygens (including phenoxy) is 3. The molecular formula is C20H20Cl3FN4O3. The third-order valence-corrected chi connectivity index (χ3v) is 5.29. The van der Waals surface area contributed by atoms with Gasteiger partial charge in [-0.15, -0.1) is 24.8 Å². The Hall–Kier alpha value is -2.26. The van der Waals surface area contributed by atoms with Gasteiger partial charge in [0.05, 0.1) is 15.9 Å². The van der Waals surface area contributed by atoms with Gasteiger partial charge in [0.1, 0.15) is 35.5 Å². The predicted octanol–water partition coefficient (Wildman–Crippen LogP) is 4.87. The molecule has 0 amide bonds. The predicted molar refractivity (Wildman–Crippen MR) is 121 cm³/mol. The van der Waals surface area contributed by atoms with E-state index in [1.807, 2.05) is 0 Å². The number of hydrogen-bond donors (Lipinski definition) is 2. The quantitative estimate of drug-likeness (QED) is 0.541. The first-order valence-electron chi connectivity index (χ1n) is 9.36. The molecule has 31 heavy (non-hydrogen) atoms. The van der Waals surface area contributed by atoms with Crippen LogP contribution in [0.4, 0.5) is 15.9 Å². The third kappa shape index (κ3) is 4.67. The van der Waals surface area contributed by atoms with Crippen molar-refractivity contribution in [2.45, 2.75) is 18.9 Å². The van der Waals surface area contributed by atoms with Crippen LogP contribution in [-0.2, 0) is 0 Å². The minimum atomic E-state index is -0.415. The monoisotopic (exact) mass is 488 g/mol. The van der Waals surface area contributed by atoms with Crippen LogP contribution < -0.4 is 24.8 Å². The Morgan fingerprint density at radius 2 is 1.94 bits per heavy atom. The standard InChI is InChI=1S/C20H18ClFN4O3.2ClH/c21-13-1-2-15-19(28-10-27-15)18(13)26-20-17-14(24-9-25-20)7-11(22)8-16(17)29-12-3-5-23-6-4-12;;/h1-2,7-9,12,23H,3-6,10H2,(H,24,25,26);2*1H. The van der Waals surface area contributed by atoms with Gasteiger partial charge in [-0.1, -0.05) is 11.6 Å². The Kier molecular flexibility index (Phi) is 7.48. The van der Waals surface area contributed by atoms with Crippen LogP contribution in [0.5, 0.6) is 17.2 Å². The van der Waals surface area contributed by atoms with E-state index in [9.17, 15) is 4.39 Å². The lowest BCUT2D eigenvalue weighted by Crippen LogP contribution is -2.34. The van der Waals surface area contributed by atoms with Gasteiger partial charge in [0.15, 0.2) is 11.5 Å². The van der Waals surface area contributed by atoms with Gasteiger partial charge in [-0.2, -0.15) is 0 Å². The number of aromatic nitrogens is 2. The molecule has 1 aromatic heterocycles. The summed E-state index contributed by atoms with van der Waals surface area (Å²) in [5.41, 5.74) is 0.964. The molecule has 1 saturated heterocycles. The van der Waals surface area contributed by atoms with Crippen molar-refractivity contribution in [2.24, 2.45) is 0 Å². The number of piperidine rings is 1. The van der Waals surface area contributed by atoms with Gasteiger partial charge in [-0.3, -0.25) is 0 Å². The van der Waals surface area contributed by atoms with Crippen LogP contribution in [0.2, 0.25) is 5.02 Å². The largest absolute Gasteiger partial charge is 0.489 e. The molecule has 0 atom stereocenters. The van der Waals surface area contributed by atoms with Crippen LogP contribution in [0.15, 0.2) is 30.6 Å². The van der Waals surface area contributed by atoms with E-state index in [0.29, 0.717) is 44.7 Å². The third-order valence-electron chi connectivity index (χ3n) is 4.98. The number of nitrogens with zero attached hydrogens (tertiary/aromatic N) is 2. The molecule has 0 saturated carbocycles. The second kappa shape index (κ2) is 9.91. The normalized spacial score (nSPS) is 15.2. The number of halogens is 4. The number of fused-ring (bicyclic) bond motifs is 2. The van der Waals surface area contributed by atoms with E-state index in [4.69, 9.17) is 25.8 Å². The Bertz CT molecular complexity index is 1080. The van der Waals surface area contributed by atoms with Gasteiger partial charge in [-0.05, 0) is 38.1 Å². The molecule has 0 radical (unpaired) electrons. The molecule has 0 spiro atoms. The minimum absolute atomic E-state index is 0. The highest BCUT2D eigenvalue weighted by Gasteiger charge is 2.23. The zero-order valence-electron chi connectivity index (χ0n) is 16.2. The van der Waals surface area contributed by atoms with Crippen LogP contribution in [0, 0.1) is 5.82 Å². The van der Waals surface area contributed by atoms with Crippen molar-refractivity contribution in [1.29, 1.82) is 0 Å². The average Bonchev–Trinajstić information content (AvgIpc) is 3.20. The summed E-state index contributed by atoms with van der Waals surface area (Å²) in [6, 6.07) is 6.19. The number of hydrogen-bond acceptors (Lipinski definition) is 7. The van der Waals surface area contributed by atoms with Crippen molar-refractivity contribution in [3.63, 3.8) is 0 Å². The van der Waals surface area contributed by atoms with Crippen molar-refractivity contribution >= 4 is 58.8 Å². The molecule has 2 N–H and O–H groups in total. The highest BCUT2D eigenvalue weighted by molar-refractivity contribution is 6.34. The Balaban J connectivity index is 0.00000136. The number of benzene rings is 2. The first kappa shape index (κ1) is 23.4. The molecule has 11 heteroatoms. The lowest BCUT2D eigenvalue weighted by molar-refractivity contribution is 0.164. The van der Waals surface area contributed by atoms with Crippen LogP contribution in [0.25, 0.3) is 10.9 Å². The maximum atomic E-state index is 14.2. The van der Waals surface area contributed by atoms with Gasteiger partial charge >= 0.3 is 0 Å². The summed E-state index contributed by atoms with van der Waals surface area (Å²) in [7, 11) is 0. The molecule has 1 fully saturated rings. The topological polar surface area (TPSA) is 77.5 Å². The van der Waals surface area contributed by atoms with E-state index in [0.717, 1.165) is 25.9 Å². The lowest BCUT2D eigenvalue weighted by atomic mass is 10.1. The van der Waals surface area contributed by atoms with Crippen molar-refractivity contribution in [3.05, 3.63) is 41.4 Å². The first-order valence-corrected chi connectivity index (χ1v) is 9.73. The van der Waals surface area contributed by atoms with Crippen LogP contribution >= 0.6 is 36.4 Å². The summed E-state index contributed by atoms with van der Waals surface area (Å²) in [5.74, 6) is 1.53. The van der Waals surface area contributed by atoms with Crippen LogP contribution in [-0.4, -0.2) is 36.0 Å². The van der Waals surface area contributed by atoms with E-state index >= 15 is 0 Å². The molecule has 0 unspecified atom stereocenters. The van der Waals surface area contributed by atoms with Crippen LogP contribution in [0.1, 0.15) is 12.8 Å². The average molecular weight is 490 g/mol. The zero-order chi connectivity index (χ0) is 19.8. The maximum Gasteiger partial charge on any atom is 0.231 e. The summed E-state index contributed by atoms with van der Waals surface area (Å²) in [5, 5.41) is 7.53. The summed E-state index contributed by atoms with van der Waals surface area (Å²) in [4.78, 5) is 8.58. The summed E-state index contributed by atoms with van der Waals surface area (Å²) < 4.78 is 31.4. The fourth-order valence-corrected chi connectivity index (χ4v) is 3.78. The molecule has 7 nitrogen and oxygen atoms in total. The summed E-state index contributed by atoms with van der Waals surface area (Å²) in [6.45, 7) is 1.84. The smallest absolute Gasteiger partial charge is 0.231 e. The molecule has 166 valence electrons. The second-order valence-corrected chi connectivity index (χ2v) is 7.28. The SMILES string of the molecule is Cl.Cl.Fc1cc(OC2CCNCC2)c2c(Nc3c(Cl)ccc4c3OCO4)ncnc2c1. The number of anilines is 2. The Morgan fingerprint density at radius 1 is 1.13 bits per heavy atom. The van der Waals surface area contributed by atoms with E-state index < -0.39 is 5.82 Å². The van der Waals surface area contributed by atoms with Gasteiger partial charge in [0.2, 0.25) is 6.79 Å². The Morgan fingerprint density at radius 3 is 2.74 bits per heavy atom. The maximum absolute atomic E-state index is 14.2. The molecule has 0 aliphatic carbocycles. The second-order valence-electron chi connectivity index (χ2n) is 6.87. The molecule has 0 bridgehead atoms. The number of nitrogens with one attached hydrogen (secondary N) is 2. The van der Waals surface area contributed by atoms with Crippen molar-refractivity contribution < 1.29 is 18.6 Å². The van der Waals surface area contributed by atoms with Crippen molar-refractivity contribution in [1.82, 2.24) is 15.3 Å². The van der Waals surface area contributed by atoms with Gasteiger partial charge < -0.3 is 24.8 Å². The fourth-order valence-electron chi connectivity index (χ4n) is 3.59. The zero-order valence-corrected chi connectivity index (χ0v) is 18.6. The summed E-state index contributed by atoms with van der Waals surface area (Å²) >= 11 is 6.39. The summed E-state index contributed by atoms with van der Waals surface area (Å²) in [6.07, 6.45) is 3.05. The lowest BCUT2D eigenvalue weighted by Gasteiger charge is -2.25. The van der Waals surface area contributed by atoms with E-state index in [2.05, 4.69) is 20.6 Å². The first-order chi connectivity index (χ1) is 14.2. The van der Waals surface area contributed by atoms with E-state index in [-0.39, 0.29) is 37.7 Å². The highest BCUT2D eigenvalue weighted by atomic mass is 35.5. The molecule has 3 heterocycles. The van der Waals surface area contributed by atoms with E-state index in [1.165, 1.54) is 18.5 Å². The Labute approximate surface area is 195 Å². The minimum Gasteiger partial charge on any atom is -0.489 e.